The fraction of sp³-hybridized carbons (Fsp3) is 0.739. The molecule has 30 heavy (non-hydrogen) atoms. The summed E-state index contributed by atoms with van der Waals surface area (Å²) in [5, 5.41) is 9.18. The van der Waals surface area contributed by atoms with Crippen LogP contribution < -0.4 is 10.6 Å². The highest BCUT2D eigenvalue weighted by atomic mass is 32.1. The van der Waals surface area contributed by atoms with Crippen LogP contribution in [-0.4, -0.2) is 67.0 Å². The van der Waals surface area contributed by atoms with E-state index < -0.39 is 0 Å². The smallest absolute Gasteiger partial charge is 0.225 e. The van der Waals surface area contributed by atoms with Crippen molar-refractivity contribution in [3.8, 4) is 0 Å². The molecule has 2 fully saturated rings. The first-order valence-corrected chi connectivity index (χ1v) is 12.7. The van der Waals surface area contributed by atoms with Gasteiger partial charge in [-0.2, -0.15) is 0 Å². The topological polar surface area (TPSA) is 60.0 Å². The van der Waals surface area contributed by atoms with Crippen LogP contribution in [0.5, 0.6) is 0 Å². The lowest BCUT2D eigenvalue weighted by Crippen LogP contribution is -2.46. The van der Waals surface area contributed by atoms with Crippen molar-refractivity contribution in [2.75, 3.05) is 39.3 Å². The summed E-state index contributed by atoms with van der Waals surface area (Å²) in [5.41, 5.74) is 1.49. The van der Waals surface area contributed by atoms with Crippen LogP contribution in [0.4, 0.5) is 0 Å². The highest BCUT2D eigenvalue weighted by Crippen LogP contribution is 2.27. The number of carbonyl (C=O) groups excluding carboxylic acids is 1. The standard InChI is InChI=1S/C23H37N5OS/c1-2-24-23(25-11-14-27-12-9-21-19(16-27)10-15-30-21)26-20-8-13-28(17-20)22(29)18-6-4-3-5-7-18/h10,15,18,20H,2-9,11-14,16-17H2,1H3,(H2,24,25,26). The van der Waals surface area contributed by atoms with Crippen LogP contribution in [0.2, 0.25) is 0 Å². The van der Waals surface area contributed by atoms with Crippen molar-refractivity contribution >= 4 is 23.2 Å². The Hall–Kier alpha value is -1.60. The van der Waals surface area contributed by atoms with Gasteiger partial charge in [0.05, 0.1) is 6.54 Å². The van der Waals surface area contributed by atoms with Crippen LogP contribution in [0.3, 0.4) is 0 Å². The maximum absolute atomic E-state index is 12.8. The van der Waals surface area contributed by atoms with Gasteiger partial charge in [0.2, 0.25) is 5.91 Å². The van der Waals surface area contributed by atoms with Crippen molar-refractivity contribution in [3.05, 3.63) is 21.9 Å². The molecule has 0 aromatic carbocycles. The van der Waals surface area contributed by atoms with E-state index in [1.165, 1.54) is 31.2 Å². The molecule has 1 aromatic heterocycles. The van der Waals surface area contributed by atoms with Gasteiger partial charge >= 0.3 is 0 Å². The van der Waals surface area contributed by atoms with E-state index in [-0.39, 0.29) is 5.92 Å². The molecule has 1 saturated carbocycles. The molecule has 1 atom stereocenters. The van der Waals surface area contributed by atoms with E-state index in [9.17, 15) is 4.79 Å². The van der Waals surface area contributed by atoms with E-state index in [2.05, 4.69) is 38.8 Å². The maximum Gasteiger partial charge on any atom is 0.225 e. The lowest BCUT2D eigenvalue weighted by atomic mass is 9.88. The predicted octanol–water partition coefficient (Wildman–Crippen LogP) is 2.84. The summed E-state index contributed by atoms with van der Waals surface area (Å²) >= 11 is 1.89. The minimum absolute atomic E-state index is 0.271. The van der Waals surface area contributed by atoms with Gasteiger partial charge in [-0.3, -0.25) is 14.7 Å². The molecular weight excluding hydrogens is 394 g/mol. The number of aliphatic imine (C=N–C) groups is 1. The highest BCUT2D eigenvalue weighted by Gasteiger charge is 2.31. The average molecular weight is 432 g/mol. The number of likely N-dealkylation sites (tertiary alicyclic amines) is 1. The van der Waals surface area contributed by atoms with Crippen molar-refractivity contribution in [2.45, 2.75) is 64.5 Å². The molecule has 1 saturated heterocycles. The van der Waals surface area contributed by atoms with Gasteiger partial charge in [0.25, 0.3) is 0 Å². The molecule has 2 aliphatic heterocycles. The number of nitrogens with one attached hydrogen (secondary N) is 2. The lowest BCUT2D eigenvalue weighted by Gasteiger charge is -2.27. The number of hydrogen-bond acceptors (Lipinski definition) is 4. The molecule has 3 heterocycles. The summed E-state index contributed by atoms with van der Waals surface area (Å²) in [6, 6.07) is 2.57. The number of fused-ring (bicyclic) bond motifs is 1. The number of carbonyl (C=O) groups is 1. The molecule has 1 aliphatic carbocycles. The van der Waals surface area contributed by atoms with E-state index in [1.807, 2.05) is 11.3 Å². The van der Waals surface area contributed by atoms with E-state index in [1.54, 1.807) is 4.88 Å². The molecule has 4 rings (SSSR count). The third-order valence-corrected chi connectivity index (χ3v) is 7.74. The van der Waals surface area contributed by atoms with Gasteiger partial charge in [-0.05, 0) is 49.6 Å². The zero-order valence-electron chi connectivity index (χ0n) is 18.4. The van der Waals surface area contributed by atoms with E-state index >= 15 is 0 Å². The average Bonchev–Trinajstić information content (AvgIpc) is 3.43. The molecule has 7 heteroatoms. The molecule has 0 radical (unpaired) electrons. The van der Waals surface area contributed by atoms with Crippen molar-refractivity contribution < 1.29 is 4.79 Å². The minimum atomic E-state index is 0.271. The Bertz CT molecular complexity index is 727. The summed E-state index contributed by atoms with van der Waals surface area (Å²) < 4.78 is 0. The van der Waals surface area contributed by atoms with E-state index in [0.717, 1.165) is 71.0 Å². The lowest BCUT2D eigenvalue weighted by molar-refractivity contribution is -0.135. The van der Waals surface area contributed by atoms with Gasteiger partial charge in [0, 0.05) is 56.1 Å². The Morgan fingerprint density at radius 1 is 1.23 bits per heavy atom. The molecule has 2 N–H and O–H groups in total. The fourth-order valence-electron chi connectivity index (χ4n) is 5.00. The first-order chi connectivity index (χ1) is 14.7. The third kappa shape index (κ3) is 5.55. The highest BCUT2D eigenvalue weighted by molar-refractivity contribution is 7.10. The minimum Gasteiger partial charge on any atom is -0.357 e. The second kappa shape index (κ2) is 10.6. The second-order valence-corrected chi connectivity index (χ2v) is 9.91. The van der Waals surface area contributed by atoms with Gasteiger partial charge in [0.15, 0.2) is 5.96 Å². The number of amides is 1. The zero-order chi connectivity index (χ0) is 20.8. The SMILES string of the molecule is CCNC(=NCCN1CCc2sccc2C1)NC1CCN(C(=O)C2CCCCC2)C1. The van der Waals surface area contributed by atoms with Crippen LogP contribution in [0.1, 0.15) is 55.9 Å². The maximum atomic E-state index is 12.8. The molecule has 3 aliphatic rings. The second-order valence-electron chi connectivity index (χ2n) is 8.90. The van der Waals surface area contributed by atoms with Crippen molar-refractivity contribution in [1.29, 1.82) is 0 Å². The Balaban J connectivity index is 1.23. The monoisotopic (exact) mass is 431 g/mol. The molecule has 1 amide bonds. The fourth-order valence-corrected chi connectivity index (χ4v) is 5.89. The van der Waals surface area contributed by atoms with Crippen molar-refractivity contribution in [1.82, 2.24) is 20.4 Å². The van der Waals surface area contributed by atoms with Crippen LogP contribution in [0.15, 0.2) is 16.4 Å². The molecule has 6 nitrogen and oxygen atoms in total. The van der Waals surface area contributed by atoms with Gasteiger partial charge in [-0.15, -0.1) is 11.3 Å². The van der Waals surface area contributed by atoms with E-state index in [0.29, 0.717) is 11.9 Å². The number of hydrogen-bond donors (Lipinski definition) is 2. The Labute approximate surface area is 185 Å². The van der Waals surface area contributed by atoms with Gasteiger partial charge in [0.1, 0.15) is 0 Å². The third-order valence-electron chi connectivity index (χ3n) is 6.71. The van der Waals surface area contributed by atoms with Gasteiger partial charge in [-0.25, -0.2) is 0 Å². The summed E-state index contributed by atoms with van der Waals surface area (Å²) in [7, 11) is 0. The van der Waals surface area contributed by atoms with Crippen LogP contribution in [0, 0.1) is 5.92 Å². The molecule has 166 valence electrons. The van der Waals surface area contributed by atoms with Crippen LogP contribution in [-0.2, 0) is 17.8 Å². The normalized spacial score (nSPS) is 23.4. The predicted molar refractivity (Wildman–Crippen MR) is 124 cm³/mol. The summed E-state index contributed by atoms with van der Waals surface area (Å²) in [6.07, 6.45) is 8.07. The van der Waals surface area contributed by atoms with Crippen LogP contribution in [0.25, 0.3) is 0 Å². The number of thiophene rings is 1. The Kier molecular flexibility index (Phi) is 7.66. The molecular formula is C23H37N5OS. The number of guanidine groups is 1. The molecule has 0 bridgehead atoms. The molecule has 0 spiro atoms. The van der Waals surface area contributed by atoms with Crippen molar-refractivity contribution in [2.24, 2.45) is 10.9 Å². The van der Waals surface area contributed by atoms with Crippen molar-refractivity contribution in [3.63, 3.8) is 0 Å². The Morgan fingerprint density at radius 2 is 2.10 bits per heavy atom. The zero-order valence-corrected chi connectivity index (χ0v) is 19.2. The first-order valence-electron chi connectivity index (χ1n) is 11.8. The largest absolute Gasteiger partial charge is 0.357 e. The summed E-state index contributed by atoms with van der Waals surface area (Å²) in [5.74, 6) is 1.55. The first kappa shape index (κ1) is 21.6. The summed E-state index contributed by atoms with van der Waals surface area (Å²) in [4.78, 5) is 23.8. The van der Waals surface area contributed by atoms with Crippen LogP contribution >= 0.6 is 11.3 Å². The number of rotatable bonds is 6. The molecule has 1 unspecified atom stereocenters. The van der Waals surface area contributed by atoms with Gasteiger partial charge in [-0.1, -0.05) is 19.3 Å². The van der Waals surface area contributed by atoms with Gasteiger partial charge < -0.3 is 15.5 Å². The number of nitrogens with zero attached hydrogens (tertiary/aromatic N) is 3. The summed E-state index contributed by atoms with van der Waals surface area (Å²) in [6.45, 7) is 8.62. The quantitative estimate of drug-likeness (QED) is 0.537. The Morgan fingerprint density at radius 3 is 2.93 bits per heavy atom. The van der Waals surface area contributed by atoms with E-state index in [4.69, 9.17) is 4.99 Å². The molecule has 1 aromatic rings.